The number of nitrogens with one attached hydrogen (secondary N) is 1. The van der Waals surface area contributed by atoms with Crippen LogP contribution < -0.4 is 5.32 Å². The summed E-state index contributed by atoms with van der Waals surface area (Å²) in [6, 6.07) is 0. The van der Waals surface area contributed by atoms with E-state index in [0.29, 0.717) is 13.1 Å². The highest BCUT2D eigenvalue weighted by atomic mass is 32.2. The second-order valence-corrected chi connectivity index (χ2v) is 8.66. The van der Waals surface area contributed by atoms with Crippen LogP contribution in [0.3, 0.4) is 0 Å². The van der Waals surface area contributed by atoms with Crippen molar-refractivity contribution in [2.75, 3.05) is 52.1 Å². The summed E-state index contributed by atoms with van der Waals surface area (Å²) in [5.74, 6) is 0. The Bertz CT molecular complexity index is 392. The number of rotatable bonds is 9. The highest BCUT2D eigenvalue weighted by molar-refractivity contribution is 7.88. The first kappa shape index (κ1) is 18.9. The zero-order valence-electron chi connectivity index (χ0n) is 14.2. The normalized spacial score (nSPS) is 21.3. The van der Waals surface area contributed by atoms with Crippen LogP contribution in [0.2, 0.25) is 0 Å². The molecule has 21 heavy (non-hydrogen) atoms. The average Bonchev–Trinajstić information content (AvgIpc) is 2.38. The van der Waals surface area contributed by atoms with E-state index in [-0.39, 0.29) is 5.41 Å². The molecule has 1 saturated heterocycles. The number of sulfonamides is 1. The van der Waals surface area contributed by atoms with Crippen molar-refractivity contribution in [1.82, 2.24) is 14.5 Å². The van der Waals surface area contributed by atoms with Crippen molar-refractivity contribution < 1.29 is 8.42 Å². The zero-order valence-corrected chi connectivity index (χ0v) is 15.0. The van der Waals surface area contributed by atoms with Gasteiger partial charge in [0.25, 0.3) is 0 Å². The number of piperazine rings is 1. The van der Waals surface area contributed by atoms with Gasteiger partial charge in [-0.15, -0.1) is 0 Å². The molecule has 6 heteroatoms. The Kier molecular flexibility index (Phi) is 7.60. The molecule has 1 fully saturated rings. The molecule has 1 aliphatic rings. The van der Waals surface area contributed by atoms with Crippen molar-refractivity contribution in [3.05, 3.63) is 0 Å². The summed E-state index contributed by atoms with van der Waals surface area (Å²) in [7, 11) is -3.03. The molecule has 126 valence electrons. The second kappa shape index (κ2) is 8.46. The van der Waals surface area contributed by atoms with Crippen molar-refractivity contribution in [2.45, 2.75) is 40.0 Å². The van der Waals surface area contributed by atoms with E-state index < -0.39 is 10.0 Å². The minimum absolute atomic E-state index is 0.275. The van der Waals surface area contributed by atoms with Gasteiger partial charge in [0.2, 0.25) is 10.0 Å². The van der Waals surface area contributed by atoms with E-state index in [4.69, 9.17) is 0 Å². The predicted octanol–water partition coefficient (Wildman–Crippen LogP) is 1.37. The van der Waals surface area contributed by atoms with Crippen molar-refractivity contribution in [3.63, 3.8) is 0 Å². The summed E-state index contributed by atoms with van der Waals surface area (Å²) in [6.07, 6.45) is 4.86. The summed E-state index contributed by atoms with van der Waals surface area (Å²) in [5.41, 5.74) is 0.275. The first-order valence-corrected chi connectivity index (χ1v) is 10.0. The van der Waals surface area contributed by atoms with E-state index in [0.717, 1.165) is 39.1 Å². The number of hydrogen-bond acceptors (Lipinski definition) is 4. The first-order valence-electron chi connectivity index (χ1n) is 8.19. The fourth-order valence-corrected chi connectivity index (χ4v) is 3.98. The van der Waals surface area contributed by atoms with Gasteiger partial charge in [0.1, 0.15) is 0 Å². The molecule has 1 rings (SSSR count). The van der Waals surface area contributed by atoms with Gasteiger partial charge in [-0.2, -0.15) is 4.31 Å². The van der Waals surface area contributed by atoms with E-state index >= 15 is 0 Å². The SMILES string of the molecule is CCCNCC(C)(CCC)CN1CCN(S(C)(=O)=O)CC1. The lowest BCUT2D eigenvalue weighted by atomic mass is 9.84. The van der Waals surface area contributed by atoms with E-state index in [9.17, 15) is 8.42 Å². The second-order valence-electron chi connectivity index (χ2n) is 6.68. The van der Waals surface area contributed by atoms with E-state index in [1.165, 1.54) is 19.1 Å². The Morgan fingerprint density at radius 1 is 1.10 bits per heavy atom. The van der Waals surface area contributed by atoms with Crippen LogP contribution in [-0.4, -0.2) is 69.7 Å². The summed E-state index contributed by atoms with van der Waals surface area (Å²) in [4.78, 5) is 2.42. The van der Waals surface area contributed by atoms with E-state index in [2.05, 4.69) is 31.0 Å². The molecule has 0 spiro atoms. The smallest absolute Gasteiger partial charge is 0.211 e. The van der Waals surface area contributed by atoms with Crippen LogP contribution in [0.5, 0.6) is 0 Å². The Morgan fingerprint density at radius 2 is 1.71 bits per heavy atom. The van der Waals surface area contributed by atoms with Crippen molar-refractivity contribution >= 4 is 10.0 Å². The van der Waals surface area contributed by atoms with Crippen LogP contribution in [0.4, 0.5) is 0 Å². The third kappa shape index (κ3) is 6.63. The molecule has 0 saturated carbocycles. The molecule has 0 amide bonds. The topological polar surface area (TPSA) is 52.6 Å². The molecule has 1 atom stereocenters. The van der Waals surface area contributed by atoms with Gasteiger partial charge in [0.05, 0.1) is 6.26 Å². The maximum atomic E-state index is 11.6. The van der Waals surface area contributed by atoms with E-state index in [1.54, 1.807) is 4.31 Å². The number of hydrogen-bond donors (Lipinski definition) is 1. The fraction of sp³-hybridized carbons (Fsp3) is 1.00. The Hall–Kier alpha value is -0.170. The molecule has 0 aromatic rings. The highest BCUT2D eigenvalue weighted by Gasteiger charge is 2.29. The summed E-state index contributed by atoms with van der Waals surface area (Å²) >= 11 is 0. The molecule has 0 aromatic carbocycles. The molecule has 1 heterocycles. The third-order valence-electron chi connectivity index (χ3n) is 4.24. The van der Waals surface area contributed by atoms with Gasteiger partial charge in [-0.3, -0.25) is 0 Å². The van der Waals surface area contributed by atoms with Crippen molar-refractivity contribution in [1.29, 1.82) is 0 Å². The Balaban J connectivity index is 2.49. The van der Waals surface area contributed by atoms with E-state index in [1.807, 2.05) is 0 Å². The molecule has 1 N–H and O–H groups in total. The lowest BCUT2D eigenvalue weighted by Crippen LogP contribution is -2.52. The molecule has 0 aliphatic carbocycles. The van der Waals surface area contributed by atoms with Crippen LogP contribution in [-0.2, 0) is 10.0 Å². The highest BCUT2D eigenvalue weighted by Crippen LogP contribution is 2.24. The molecule has 0 aromatic heterocycles. The van der Waals surface area contributed by atoms with Gasteiger partial charge in [-0.25, -0.2) is 8.42 Å². The van der Waals surface area contributed by atoms with Gasteiger partial charge in [0, 0.05) is 39.3 Å². The minimum Gasteiger partial charge on any atom is -0.316 e. The largest absolute Gasteiger partial charge is 0.316 e. The predicted molar refractivity (Wildman–Crippen MR) is 89.0 cm³/mol. The van der Waals surface area contributed by atoms with Crippen molar-refractivity contribution in [3.8, 4) is 0 Å². The maximum Gasteiger partial charge on any atom is 0.211 e. The van der Waals surface area contributed by atoms with Crippen LogP contribution in [0.1, 0.15) is 40.0 Å². The quantitative estimate of drug-likeness (QED) is 0.652. The van der Waals surface area contributed by atoms with Gasteiger partial charge >= 0.3 is 0 Å². The fourth-order valence-electron chi connectivity index (χ4n) is 3.15. The molecule has 0 bridgehead atoms. The molecule has 5 nitrogen and oxygen atoms in total. The van der Waals surface area contributed by atoms with Crippen LogP contribution in [0.25, 0.3) is 0 Å². The zero-order chi connectivity index (χ0) is 15.9. The Labute approximate surface area is 131 Å². The van der Waals surface area contributed by atoms with Gasteiger partial charge in [0.15, 0.2) is 0 Å². The monoisotopic (exact) mass is 319 g/mol. The Morgan fingerprint density at radius 3 is 2.19 bits per heavy atom. The maximum absolute atomic E-state index is 11.6. The standard InChI is InChI=1S/C15H33N3O2S/c1-5-7-15(3,13-16-8-6-2)14-17-9-11-18(12-10-17)21(4,19)20/h16H,5-14H2,1-4H3. The van der Waals surface area contributed by atoms with Crippen LogP contribution in [0.15, 0.2) is 0 Å². The van der Waals surface area contributed by atoms with Crippen LogP contribution >= 0.6 is 0 Å². The van der Waals surface area contributed by atoms with Gasteiger partial charge in [-0.05, 0) is 24.8 Å². The lowest BCUT2D eigenvalue weighted by Gasteiger charge is -2.40. The summed E-state index contributed by atoms with van der Waals surface area (Å²) in [5, 5.41) is 3.55. The minimum atomic E-state index is -3.03. The third-order valence-corrected chi connectivity index (χ3v) is 5.54. The lowest BCUT2D eigenvalue weighted by molar-refractivity contribution is 0.115. The average molecular weight is 320 g/mol. The summed E-state index contributed by atoms with van der Waals surface area (Å²) in [6.45, 7) is 12.9. The summed E-state index contributed by atoms with van der Waals surface area (Å²) < 4.78 is 24.7. The van der Waals surface area contributed by atoms with Gasteiger partial charge < -0.3 is 10.2 Å². The molecule has 0 radical (unpaired) electrons. The molecular weight excluding hydrogens is 286 g/mol. The number of nitrogens with zero attached hydrogens (tertiary/aromatic N) is 2. The molecular formula is C15H33N3O2S. The molecule has 1 aliphatic heterocycles. The first-order chi connectivity index (χ1) is 9.80. The van der Waals surface area contributed by atoms with Crippen molar-refractivity contribution in [2.24, 2.45) is 5.41 Å². The van der Waals surface area contributed by atoms with Gasteiger partial charge in [-0.1, -0.05) is 27.2 Å². The molecule has 1 unspecified atom stereocenters. The van der Waals surface area contributed by atoms with Crippen LogP contribution in [0, 0.1) is 5.41 Å².